The molecule has 1 unspecified atom stereocenters. The van der Waals surface area contributed by atoms with Crippen molar-refractivity contribution >= 4 is 22.8 Å². The molecule has 0 saturated heterocycles. The van der Waals surface area contributed by atoms with E-state index in [2.05, 4.69) is 22.1 Å². The van der Waals surface area contributed by atoms with Gasteiger partial charge in [-0.15, -0.1) is 0 Å². The Morgan fingerprint density at radius 3 is 2.67 bits per heavy atom. The van der Waals surface area contributed by atoms with E-state index in [4.69, 9.17) is 9.72 Å². The van der Waals surface area contributed by atoms with E-state index >= 15 is 8.78 Å². The average Bonchev–Trinajstić information content (AvgIpc) is 3.42. The number of rotatable bonds is 4. The Bertz CT molecular complexity index is 2050. The minimum atomic E-state index is -0.862. The quantitative estimate of drug-likeness (QED) is 0.181. The summed E-state index contributed by atoms with van der Waals surface area (Å²) in [6.45, 7) is 2.71. The van der Waals surface area contributed by atoms with E-state index in [0.717, 1.165) is 42.2 Å². The summed E-state index contributed by atoms with van der Waals surface area (Å²) in [7, 11) is 1.84. The molecule has 1 aliphatic carbocycles. The largest absolute Gasteiger partial charge is 0.481 e. The van der Waals surface area contributed by atoms with E-state index in [1.54, 1.807) is 11.1 Å². The minimum Gasteiger partial charge on any atom is -0.481 e. The molecule has 1 fully saturated rings. The Morgan fingerprint density at radius 2 is 1.88 bits per heavy atom. The maximum Gasteiger partial charge on any atom is 0.303 e. The van der Waals surface area contributed by atoms with Crippen LogP contribution in [0.25, 0.3) is 22.3 Å². The molecule has 3 N–H and O–H groups in total. The number of aromatic nitrogens is 4. The number of aromatic amines is 2. The first-order chi connectivity index (χ1) is 23.5. The van der Waals surface area contributed by atoms with Gasteiger partial charge >= 0.3 is 5.97 Å². The van der Waals surface area contributed by atoms with Gasteiger partial charge in [0.15, 0.2) is 17.4 Å². The number of H-pyrrole nitrogens is 2. The Kier molecular flexibility index (Phi) is 8.46. The van der Waals surface area contributed by atoms with Gasteiger partial charge in [0.1, 0.15) is 17.4 Å². The highest BCUT2D eigenvalue weighted by Crippen LogP contribution is 2.51. The highest BCUT2D eigenvalue weighted by molar-refractivity contribution is 5.86. The van der Waals surface area contributed by atoms with Crippen LogP contribution >= 0.6 is 0 Å². The normalized spacial score (nSPS) is 19.5. The van der Waals surface area contributed by atoms with Gasteiger partial charge in [-0.1, -0.05) is 30.7 Å². The molecule has 1 spiro atoms. The molecule has 7 rings (SSSR count). The van der Waals surface area contributed by atoms with Crippen LogP contribution in [-0.4, -0.2) is 55.6 Å². The summed E-state index contributed by atoms with van der Waals surface area (Å²) in [5.41, 5.74) is 2.45. The summed E-state index contributed by atoms with van der Waals surface area (Å²) in [6.07, 6.45) is 7.06. The topological polar surface area (TPSA) is 124 Å². The van der Waals surface area contributed by atoms with Crippen molar-refractivity contribution in [3.63, 3.8) is 0 Å². The SMILES string of the molecule is CN1CC2(CCCC(C)(c3cccc(CCC(=O)O)c3)c3nc(n[nH]3)-c3cc(ccc3F)Oc3c(F)cc4[nH]ccc4c3CCC1=O)CC2. The number of carbonyl (C=O) groups is 2. The van der Waals surface area contributed by atoms with Crippen LogP contribution in [0.4, 0.5) is 8.78 Å². The van der Waals surface area contributed by atoms with Gasteiger partial charge in [-0.05, 0) is 86.3 Å². The lowest BCUT2D eigenvalue weighted by molar-refractivity contribution is -0.137. The molecule has 3 aromatic carbocycles. The van der Waals surface area contributed by atoms with Crippen molar-refractivity contribution in [2.75, 3.05) is 13.6 Å². The molecule has 1 saturated carbocycles. The molecule has 254 valence electrons. The second kappa shape index (κ2) is 12.8. The van der Waals surface area contributed by atoms with Crippen molar-refractivity contribution in [1.29, 1.82) is 0 Å². The number of amides is 1. The molecular weight excluding hydrogens is 628 g/mol. The number of carboxylic acid groups (broad SMARTS) is 1. The van der Waals surface area contributed by atoms with E-state index in [0.29, 0.717) is 36.3 Å². The molecule has 1 amide bonds. The van der Waals surface area contributed by atoms with Crippen molar-refractivity contribution in [2.45, 2.75) is 70.1 Å². The highest BCUT2D eigenvalue weighted by Gasteiger charge is 2.44. The fraction of sp³-hybridized carbons (Fsp3) is 0.368. The maximum absolute atomic E-state index is 15.7. The summed E-state index contributed by atoms with van der Waals surface area (Å²) < 4.78 is 37.2. The van der Waals surface area contributed by atoms with Gasteiger partial charge in [-0.3, -0.25) is 14.7 Å². The van der Waals surface area contributed by atoms with Crippen LogP contribution < -0.4 is 4.74 Å². The van der Waals surface area contributed by atoms with E-state index in [1.807, 2.05) is 37.4 Å². The first-order valence-corrected chi connectivity index (χ1v) is 16.8. The van der Waals surface area contributed by atoms with E-state index in [9.17, 15) is 14.7 Å². The maximum atomic E-state index is 15.7. The van der Waals surface area contributed by atoms with Crippen LogP contribution in [0.3, 0.4) is 0 Å². The Labute approximate surface area is 282 Å². The number of carbonyl (C=O) groups excluding carboxylic acids is 1. The lowest BCUT2D eigenvalue weighted by Crippen LogP contribution is -2.33. The van der Waals surface area contributed by atoms with Gasteiger partial charge in [0.05, 0.1) is 11.0 Å². The number of aliphatic carboxylic acids is 1. The lowest BCUT2D eigenvalue weighted by atomic mass is 9.76. The van der Waals surface area contributed by atoms with Crippen LogP contribution in [0.2, 0.25) is 0 Å². The fourth-order valence-electron chi connectivity index (χ4n) is 7.28. The zero-order valence-corrected chi connectivity index (χ0v) is 27.6. The summed E-state index contributed by atoms with van der Waals surface area (Å²) in [5.74, 6) is -1.18. The third-order valence-electron chi connectivity index (χ3n) is 10.4. The summed E-state index contributed by atoms with van der Waals surface area (Å²) >= 11 is 0. The Hall–Kier alpha value is -5.06. The molecule has 0 radical (unpaired) electrons. The van der Waals surface area contributed by atoms with Gasteiger partial charge in [-0.25, -0.2) is 13.8 Å². The van der Waals surface area contributed by atoms with Crippen molar-refractivity contribution in [3.05, 3.63) is 94.9 Å². The number of fused-ring (bicyclic) bond motifs is 8. The summed E-state index contributed by atoms with van der Waals surface area (Å²) in [5, 5.41) is 17.6. The van der Waals surface area contributed by atoms with Crippen LogP contribution in [-0.2, 0) is 27.8 Å². The number of nitrogens with one attached hydrogen (secondary N) is 2. The number of benzene rings is 3. The van der Waals surface area contributed by atoms with Crippen LogP contribution in [0, 0.1) is 17.0 Å². The standard InChI is InChI=1S/C38H39F2N5O4/c1-37(24-6-3-5-23(19-24)7-12-33(47)48)14-4-15-38(16-17-38)22-45(2)32(46)11-9-27-26-13-18-41-31(26)21-30(40)34(27)49-25-8-10-29(39)28(20-25)35-42-36(37)44-43-35/h3,5-6,8,10,13,18-21,41H,4,7,9,11-12,14-17,22H2,1-2H3,(H,47,48)(H,42,43,44). The van der Waals surface area contributed by atoms with Crippen molar-refractivity contribution in [3.8, 4) is 22.9 Å². The molecule has 4 bridgehead atoms. The number of ether oxygens (including phenoxy) is 1. The Balaban J connectivity index is 1.31. The first kappa shape index (κ1) is 32.5. The number of nitrogens with zero attached hydrogens (tertiary/aromatic N) is 3. The van der Waals surface area contributed by atoms with E-state index < -0.39 is 23.0 Å². The summed E-state index contributed by atoms with van der Waals surface area (Å²) in [6, 6.07) is 15.2. The predicted octanol–water partition coefficient (Wildman–Crippen LogP) is 7.70. The third kappa shape index (κ3) is 6.54. The molecule has 1 atom stereocenters. The number of carboxylic acids is 1. The molecule has 5 aromatic rings. The Morgan fingerprint density at radius 1 is 1.04 bits per heavy atom. The number of hydrogen-bond donors (Lipinski definition) is 3. The number of halogens is 2. The molecule has 9 nitrogen and oxygen atoms in total. The minimum absolute atomic E-state index is 0.0114. The summed E-state index contributed by atoms with van der Waals surface area (Å²) in [4.78, 5) is 34.5. The van der Waals surface area contributed by atoms with Gasteiger partial charge in [0, 0.05) is 55.2 Å². The second-order valence-electron chi connectivity index (χ2n) is 13.9. The highest BCUT2D eigenvalue weighted by atomic mass is 19.1. The van der Waals surface area contributed by atoms with E-state index in [-0.39, 0.29) is 53.5 Å². The molecule has 49 heavy (non-hydrogen) atoms. The predicted molar refractivity (Wildman–Crippen MR) is 180 cm³/mol. The van der Waals surface area contributed by atoms with Crippen molar-refractivity contribution < 1.29 is 28.2 Å². The fourth-order valence-corrected chi connectivity index (χ4v) is 7.28. The monoisotopic (exact) mass is 667 g/mol. The third-order valence-corrected chi connectivity index (χ3v) is 10.4. The van der Waals surface area contributed by atoms with Gasteiger partial charge < -0.3 is 19.7 Å². The average molecular weight is 668 g/mol. The van der Waals surface area contributed by atoms with Gasteiger partial charge in [0.2, 0.25) is 5.91 Å². The smallest absolute Gasteiger partial charge is 0.303 e. The lowest BCUT2D eigenvalue weighted by Gasteiger charge is -2.30. The molecular formula is C38H39F2N5O4. The van der Waals surface area contributed by atoms with Crippen molar-refractivity contribution in [2.24, 2.45) is 5.41 Å². The molecule has 2 aliphatic rings. The van der Waals surface area contributed by atoms with Crippen molar-refractivity contribution in [1.82, 2.24) is 25.1 Å². The van der Waals surface area contributed by atoms with Crippen LogP contribution in [0.15, 0.2) is 60.8 Å². The second-order valence-corrected chi connectivity index (χ2v) is 13.9. The van der Waals surface area contributed by atoms with Crippen LogP contribution in [0.5, 0.6) is 11.5 Å². The molecule has 11 heteroatoms. The van der Waals surface area contributed by atoms with Gasteiger partial charge in [-0.2, -0.15) is 5.10 Å². The molecule has 1 aliphatic heterocycles. The number of hydrogen-bond acceptors (Lipinski definition) is 5. The zero-order chi connectivity index (χ0) is 34.3. The zero-order valence-electron chi connectivity index (χ0n) is 27.6. The van der Waals surface area contributed by atoms with E-state index in [1.165, 1.54) is 24.3 Å². The molecule has 3 heterocycles. The van der Waals surface area contributed by atoms with Gasteiger partial charge in [0.25, 0.3) is 0 Å². The van der Waals surface area contributed by atoms with Crippen LogP contribution in [0.1, 0.15) is 74.4 Å². The first-order valence-electron chi connectivity index (χ1n) is 16.8. The molecule has 2 aromatic heterocycles. The number of aryl methyl sites for hydroxylation is 2.